The summed E-state index contributed by atoms with van der Waals surface area (Å²) in [4.78, 5) is 10.5. The summed E-state index contributed by atoms with van der Waals surface area (Å²) in [6, 6.07) is 0. The predicted molar refractivity (Wildman–Crippen MR) is 49.9 cm³/mol. The molecule has 11 heavy (non-hydrogen) atoms. The standard InChI is InChI=1S/C8H16AsNO/c1-7(8(10)11)5-4-6-9(2)3/h1,4-6H2,2-3H3,(H2,10,11). The molecule has 3 heteroatoms. The number of carbonyl (C=O) groups is 1. The summed E-state index contributed by atoms with van der Waals surface area (Å²) < 4.78 is 0. The van der Waals surface area contributed by atoms with Crippen molar-refractivity contribution >= 4 is 20.6 Å². The third-order valence-corrected chi connectivity index (χ3v) is 3.97. The van der Waals surface area contributed by atoms with Crippen molar-refractivity contribution in [1.82, 2.24) is 0 Å². The van der Waals surface area contributed by atoms with Crippen LogP contribution in [-0.4, -0.2) is 20.6 Å². The number of nitrogens with two attached hydrogens (primary N) is 1. The van der Waals surface area contributed by atoms with E-state index in [1.807, 2.05) is 0 Å². The summed E-state index contributed by atoms with van der Waals surface area (Å²) in [5.41, 5.74) is 10.2. The Balaban J connectivity index is 3.40. The molecule has 0 heterocycles. The van der Waals surface area contributed by atoms with Gasteiger partial charge in [-0.15, -0.1) is 0 Å². The Bertz CT molecular complexity index is 154. The van der Waals surface area contributed by atoms with Gasteiger partial charge in [0.15, 0.2) is 0 Å². The average molecular weight is 217 g/mol. The van der Waals surface area contributed by atoms with E-state index in [1.165, 1.54) is 5.21 Å². The summed E-state index contributed by atoms with van der Waals surface area (Å²) >= 11 is -0.511. The molecular weight excluding hydrogens is 201 g/mol. The Morgan fingerprint density at radius 3 is 2.45 bits per heavy atom. The van der Waals surface area contributed by atoms with Crippen molar-refractivity contribution in [2.45, 2.75) is 29.5 Å². The van der Waals surface area contributed by atoms with Crippen LogP contribution in [0.15, 0.2) is 12.2 Å². The van der Waals surface area contributed by atoms with Gasteiger partial charge >= 0.3 is 72.7 Å². The molecule has 0 spiro atoms. The first-order valence-corrected chi connectivity index (χ1v) is 8.74. The molecule has 0 aromatic carbocycles. The van der Waals surface area contributed by atoms with Crippen LogP contribution >= 0.6 is 0 Å². The van der Waals surface area contributed by atoms with Crippen LogP contribution in [0.4, 0.5) is 0 Å². The van der Waals surface area contributed by atoms with Gasteiger partial charge in [-0.05, 0) is 0 Å². The van der Waals surface area contributed by atoms with Crippen molar-refractivity contribution in [2.75, 3.05) is 0 Å². The number of hydrogen-bond acceptors (Lipinski definition) is 1. The van der Waals surface area contributed by atoms with E-state index in [-0.39, 0.29) is 5.91 Å². The van der Waals surface area contributed by atoms with Crippen molar-refractivity contribution < 1.29 is 4.79 Å². The second-order valence-electron chi connectivity index (χ2n) is 2.87. The van der Waals surface area contributed by atoms with Crippen LogP contribution in [0, 0.1) is 0 Å². The van der Waals surface area contributed by atoms with Crippen molar-refractivity contribution in [3.63, 3.8) is 0 Å². The number of amides is 1. The molecule has 0 aliphatic carbocycles. The van der Waals surface area contributed by atoms with Crippen molar-refractivity contribution in [3.05, 3.63) is 12.2 Å². The van der Waals surface area contributed by atoms with Crippen LogP contribution < -0.4 is 5.73 Å². The maximum absolute atomic E-state index is 10.5. The molecule has 64 valence electrons. The molecule has 0 atom stereocenters. The monoisotopic (exact) mass is 217 g/mol. The Hall–Kier alpha value is -0.232. The Morgan fingerprint density at radius 2 is 2.09 bits per heavy atom. The maximum atomic E-state index is 10.5. The Kier molecular flexibility index (Phi) is 5.31. The molecule has 2 nitrogen and oxygen atoms in total. The fraction of sp³-hybridized carbons (Fsp3) is 0.625. The first kappa shape index (κ1) is 10.8. The van der Waals surface area contributed by atoms with Gasteiger partial charge in [0.2, 0.25) is 0 Å². The molecule has 0 aromatic heterocycles. The van der Waals surface area contributed by atoms with Gasteiger partial charge < -0.3 is 0 Å². The Morgan fingerprint density at radius 1 is 1.55 bits per heavy atom. The van der Waals surface area contributed by atoms with E-state index in [1.54, 1.807) is 0 Å². The number of rotatable bonds is 5. The second-order valence-corrected chi connectivity index (χ2v) is 8.34. The van der Waals surface area contributed by atoms with Crippen molar-refractivity contribution in [2.24, 2.45) is 5.73 Å². The van der Waals surface area contributed by atoms with E-state index in [9.17, 15) is 4.79 Å². The van der Waals surface area contributed by atoms with Gasteiger partial charge in [0, 0.05) is 0 Å². The van der Waals surface area contributed by atoms with E-state index < -0.39 is 14.7 Å². The van der Waals surface area contributed by atoms with Gasteiger partial charge in [-0.3, -0.25) is 0 Å². The van der Waals surface area contributed by atoms with Crippen LogP contribution in [-0.2, 0) is 4.79 Å². The van der Waals surface area contributed by atoms with Gasteiger partial charge in [-0.1, -0.05) is 0 Å². The van der Waals surface area contributed by atoms with Crippen LogP contribution in [0.5, 0.6) is 0 Å². The summed E-state index contributed by atoms with van der Waals surface area (Å²) in [6.07, 6.45) is 1.86. The molecule has 0 saturated heterocycles. The van der Waals surface area contributed by atoms with Crippen molar-refractivity contribution in [1.29, 1.82) is 0 Å². The predicted octanol–water partition coefficient (Wildman–Crippen LogP) is 1.56. The van der Waals surface area contributed by atoms with E-state index in [2.05, 4.69) is 18.0 Å². The molecule has 0 radical (unpaired) electrons. The van der Waals surface area contributed by atoms with Gasteiger partial charge in [0.05, 0.1) is 0 Å². The fourth-order valence-electron chi connectivity index (χ4n) is 0.732. The average Bonchev–Trinajstić information content (AvgIpc) is 1.86. The molecule has 0 rings (SSSR count). The molecule has 2 N–H and O–H groups in total. The molecule has 0 unspecified atom stereocenters. The van der Waals surface area contributed by atoms with Crippen LogP contribution in [0.25, 0.3) is 0 Å². The normalized spacial score (nSPS) is 10.1. The van der Waals surface area contributed by atoms with Gasteiger partial charge in [-0.2, -0.15) is 0 Å². The summed E-state index contributed by atoms with van der Waals surface area (Å²) in [5.74, 6) is -0.351. The number of hydrogen-bond donors (Lipinski definition) is 1. The zero-order valence-corrected chi connectivity index (χ0v) is 9.14. The van der Waals surface area contributed by atoms with Crippen LogP contribution in [0.3, 0.4) is 0 Å². The second kappa shape index (κ2) is 5.42. The minimum absolute atomic E-state index is 0.351. The van der Waals surface area contributed by atoms with E-state index in [0.29, 0.717) is 5.57 Å². The van der Waals surface area contributed by atoms with Gasteiger partial charge in [0.25, 0.3) is 0 Å². The summed E-state index contributed by atoms with van der Waals surface area (Å²) in [6.45, 7) is 3.59. The number of primary amides is 1. The molecule has 0 saturated carbocycles. The molecule has 0 bridgehead atoms. The van der Waals surface area contributed by atoms with E-state index in [4.69, 9.17) is 5.73 Å². The Labute approximate surface area is 73.1 Å². The number of carbonyl (C=O) groups excluding carboxylic acids is 1. The topological polar surface area (TPSA) is 43.1 Å². The molecule has 1 amide bonds. The zero-order chi connectivity index (χ0) is 8.85. The van der Waals surface area contributed by atoms with E-state index in [0.717, 1.165) is 12.8 Å². The molecule has 0 fully saturated rings. The third kappa shape index (κ3) is 6.18. The first-order chi connectivity index (χ1) is 5.04. The van der Waals surface area contributed by atoms with E-state index >= 15 is 0 Å². The molecule has 0 aromatic rings. The van der Waals surface area contributed by atoms with Crippen LogP contribution in [0.1, 0.15) is 12.8 Å². The summed E-state index contributed by atoms with van der Waals surface area (Å²) in [5, 5.41) is 1.28. The molecule has 0 aliphatic heterocycles. The first-order valence-electron chi connectivity index (χ1n) is 3.66. The zero-order valence-electron chi connectivity index (χ0n) is 7.26. The van der Waals surface area contributed by atoms with Crippen molar-refractivity contribution in [3.8, 4) is 0 Å². The molecular formula is C8H16AsNO. The molecule has 0 aliphatic rings. The van der Waals surface area contributed by atoms with Gasteiger partial charge in [0.1, 0.15) is 0 Å². The van der Waals surface area contributed by atoms with Crippen LogP contribution in [0.2, 0.25) is 16.6 Å². The third-order valence-electron chi connectivity index (χ3n) is 1.43. The quantitative estimate of drug-likeness (QED) is 0.551. The summed E-state index contributed by atoms with van der Waals surface area (Å²) in [7, 11) is 0. The SMILES string of the molecule is C=C(CCC[As](C)C)C(N)=O. The van der Waals surface area contributed by atoms with Gasteiger partial charge in [-0.25, -0.2) is 0 Å². The minimum atomic E-state index is -0.511. The fourth-order valence-corrected chi connectivity index (χ4v) is 2.39.